The van der Waals surface area contributed by atoms with E-state index in [1.807, 2.05) is 0 Å². The summed E-state index contributed by atoms with van der Waals surface area (Å²) in [5.74, 6) is -2.03. The molecule has 164 valence electrons. The first-order valence-corrected chi connectivity index (χ1v) is 10.8. The van der Waals surface area contributed by atoms with Crippen LogP contribution in [0.4, 0.5) is 14.5 Å². The normalized spacial score (nSPS) is 11.1. The maximum Gasteiger partial charge on any atom is 0.268 e. The van der Waals surface area contributed by atoms with Crippen LogP contribution >= 0.6 is 0 Å². The van der Waals surface area contributed by atoms with Gasteiger partial charge in [0, 0.05) is 28.1 Å². The first-order valence-electron chi connectivity index (χ1n) is 9.35. The maximum atomic E-state index is 15.2. The number of fused-ring (bicyclic) bond motifs is 1. The van der Waals surface area contributed by atoms with Crippen LogP contribution in [0.3, 0.4) is 0 Å². The molecule has 0 unspecified atom stereocenters. The number of benzene rings is 3. The molecule has 33 heavy (non-hydrogen) atoms. The fourth-order valence-electron chi connectivity index (χ4n) is 3.32. The second-order valence-electron chi connectivity index (χ2n) is 6.74. The molecule has 4 aromatic rings. The van der Waals surface area contributed by atoms with Crippen LogP contribution in [0.25, 0.3) is 26.2 Å². The molecule has 0 amide bonds. The zero-order valence-corrected chi connectivity index (χ0v) is 17.5. The van der Waals surface area contributed by atoms with Gasteiger partial charge >= 0.3 is 0 Å². The molecule has 0 aliphatic rings. The van der Waals surface area contributed by atoms with Crippen LogP contribution in [-0.2, 0) is 16.6 Å². The van der Waals surface area contributed by atoms with Crippen molar-refractivity contribution in [2.24, 2.45) is 5.11 Å². The highest BCUT2D eigenvalue weighted by Crippen LogP contribution is 2.37. The zero-order valence-electron chi connectivity index (χ0n) is 16.7. The summed E-state index contributed by atoms with van der Waals surface area (Å²) in [6.45, 7) is 6.68. The Hall–Kier alpha value is -4.39. The highest BCUT2D eigenvalue weighted by atomic mass is 32.2. The Morgan fingerprint density at radius 2 is 1.82 bits per heavy atom. The Kier molecular flexibility index (Phi) is 5.70. The van der Waals surface area contributed by atoms with E-state index in [1.54, 1.807) is 18.2 Å². The van der Waals surface area contributed by atoms with E-state index in [-0.39, 0.29) is 45.1 Å². The molecule has 0 aliphatic carbocycles. The number of azide groups is 1. The average Bonchev–Trinajstić information content (AvgIpc) is 3.24. The van der Waals surface area contributed by atoms with Crippen molar-refractivity contribution in [2.45, 2.75) is 11.4 Å². The summed E-state index contributed by atoms with van der Waals surface area (Å²) < 4.78 is 61.5. The number of nitrogens with zero attached hydrogens (tertiary/aromatic N) is 5. The topological polar surface area (TPSA) is 101 Å². The monoisotopic (exact) mass is 465 g/mol. The number of hydrogen-bond acceptors (Lipinski definition) is 4. The van der Waals surface area contributed by atoms with Gasteiger partial charge in [0.25, 0.3) is 10.0 Å². The predicted octanol–water partition coefficient (Wildman–Crippen LogP) is 6.31. The summed E-state index contributed by atoms with van der Waals surface area (Å²) >= 11 is 0. The molecule has 4 rings (SSSR count). The number of aromatic nitrogens is 1. The summed E-state index contributed by atoms with van der Waals surface area (Å²) in [5, 5.41) is 3.76. The second-order valence-corrected chi connectivity index (χ2v) is 8.56. The van der Waals surface area contributed by atoms with E-state index in [9.17, 15) is 12.8 Å². The quantitative estimate of drug-likeness (QED) is 0.144. The zero-order chi connectivity index (χ0) is 23.6. The molecule has 0 atom stereocenters. The summed E-state index contributed by atoms with van der Waals surface area (Å²) in [6, 6.07) is 13.4. The van der Waals surface area contributed by atoms with Crippen LogP contribution in [0.15, 0.2) is 76.9 Å². The molecule has 8 nitrogen and oxygen atoms in total. The third-order valence-corrected chi connectivity index (χ3v) is 6.52. The molecule has 0 saturated carbocycles. The van der Waals surface area contributed by atoms with E-state index in [1.165, 1.54) is 30.5 Å². The highest BCUT2D eigenvalue weighted by Gasteiger charge is 2.23. The van der Waals surface area contributed by atoms with Crippen molar-refractivity contribution in [3.8, 4) is 11.5 Å². The van der Waals surface area contributed by atoms with Gasteiger partial charge in [-0.05, 0) is 41.9 Å². The molecule has 3 aromatic carbocycles. The van der Waals surface area contributed by atoms with E-state index >= 15 is 4.39 Å². The molecular weight excluding hydrogens is 452 g/mol. The molecule has 0 saturated heterocycles. The Bertz CT molecular complexity index is 1570. The van der Waals surface area contributed by atoms with Crippen LogP contribution in [0, 0.1) is 18.2 Å². The number of halogens is 2. The van der Waals surface area contributed by atoms with Gasteiger partial charge in [-0.3, -0.25) is 0 Å². The molecule has 0 N–H and O–H groups in total. The first kappa shape index (κ1) is 21.8. The van der Waals surface area contributed by atoms with Gasteiger partial charge in [0.05, 0.1) is 23.5 Å². The lowest BCUT2D eigenvalue weighted by Gasteiger charge is -2.14. The Morgan fingerprint density at radius 1 is 1.06 bits per heavy atom. The molecule has 0 fully saturated rings. The van der Waals surface area contributed by atoms with Gasteiger partial charge in [-0.1, -0.05) is 23.3 Å². The van der Waals surface area contributed by atoms with Gasteiger partial charge in [0.1, 0.15) is 11.6 Å². The predicted molar refractivity (Wildman–Crippen MR) is 117 cm³/mol. The lowest BCUT2D eigenvalue weighted by Crippen LogP contribution is -2.12. The van der Waals surface area contributed by atoms with Crippen LogP contribution in [-0.4, -0.2) is 12.4 Å². The van der Waals surface area contributed by atoms with Crippen molar-refractivity contribution in [3.63, 3.8) is 0 Å². The maximum absolute atomic E-state index is 15.2. The Labute approximate surface area is 186 Å². The third kappa shape index (κ3) is 3.96. The number of ether oxygens (including phenoxy) is 1. The SMILES string of the molecule is [C-]#[N+]c1cc(Oc2c(F)cc3c(ccn3S(=O)(=O)c3ccccc3)c2CN=[N+]=[N-])ccc1F. The Morgan fingerprint density at radius 3 is 2.52 bits per heavy atom. The van der Waals surface area contributed by atoms with E-state index in [0.29, 0.717) is 0 Å². The van der Waals surface area contributed by atoms with Crippen molar-refractivity contribution in [2.75, 3.05) is 0 Å². The number of hydrogen-bond donors (Lipinski definition) is 0. The molecule has 1 aromatic heterocycles. The molecule has 0 spiro atoms. The van der Waals surface area contributed by atoms with E-state index in [0.717, 1.165) is 22.2 Å². The van der Waals surface area contributed by atoms with Gasteiger partial charge in [-0.25, -0.2) is 26.0 Å². The number of rotatable bonds is 6. The van der Waals surface area contributed by atoms with Gasteiger partial charge in [0.15, 0.2) is 11.6 Å². The molecule has 0 bridgehead atoms. The van der Waals surface area contributed by atoms with Crippen LogP contribution in [0.1, 0.15) is 5.56 Å². The van der Waals surface area contributed by atoms with E-state index < -0.39 is 21.7 Å². The van der Waals surface area contributed by atoms with Crippen LogP contribution < -0.4 is 4.74 Å². The molecule has 11 heteroatoms. The standard InChI is InChI=1S/C22H13F2N5O3S/c1-26-20-11-14(7-8-18(20)23)32-22-17(13-27-28-25)16-9-10-29(21(16)12-19(22)24)33(30,31)15-5-3-2-4-6-15/h2-12H,13H2. The fourth-order valence-corrected chi connectivity index (χ4v) is 4.68. The molecule has 1 heterocycles. The van der Waals surface area contributed by atoms with Crippen molar-refractivity contribution in [3.05, 3.63) is 106 Å². The molecule has 0 aliphatic heterocycles. The van der Waals surface area contributed by atoms with Crippen molar-refractivity contribution in [1.82, 2.24) is 3.97 Å². The van der Waals surface area contributed by atoms with Gasteiger partial charge in [-0.15, -0.1) is 0 Å². The lowest BCUT2D eigenvalue weighted by atomic mass is 10.1. The minimum absolute atomic E-state index is 0.0119. The summed E-state index contributed by atoms with van der Waals surface area (Å²) in [5.41, 5.74) is 8.58. The third-order valence-electron chi connectivity index (χ3n) is 4.82. The smallest absolute Gasteiger partial charge is 0.268 e. The lowest BCUT2D eigenvalue weighted by molar-refractivity contribution is 0.437. The first-order chi connectivity index (χ1) is 15.9. The highest BCUT2D eigenvalue weighted by molar-refractivity contribution is 7.90. The minimum Gasteiger partial charge on any atom is -0.455 e. The van der Waals surface area contributed by atoms with Crippen molar-refractivity contribution in [1.29, 1.82) is 0 Å². The van der Waals surface area contributed by atoms with Crippen molar-refractivity contribution < 1.29 is 21.9 Å². The summed E-state index contributed by atoms with van der Waals surface area (Å²) in [6.07, 6.45) is 1.27. The summed E-state index contributed by atoms with van der Waals surface area (Å²) in [4.78, 5) is 5.74. The van der Waals surface area contributed by atoms with Gasteiger partial charge < -0.3 is 4.74 Å². The van der Waals surface area contributed by atoms with Gasteiger partial charge in [0.2, 0.25) is 5.69 Å². The van der Waals surface area contributed by atoms with Crippen molar-refractivity contribution >= 4 is 26.6 Å². The fraction of sp³-hybridized carbons (Fsp3) is 0.0455. The van der Waals surface area contributed by atoms with E-state index in [2.05, 4.69) is 14.9 Å². The van der Waals surface area contributed by atoms with E-state index in [4.69, 9.17) is 16.8 Å². The Balaban J connectivity index is 1.90. The molecular formula is C22H13F2N5O3S. The second kappa shape index (κ2) is 8.63. The minimum atomic E-state index is -4.03. The largest absolute Gasteiger partial charge is 0.455 e. The summed E-state index contributed by atoms with van der Waals surface area (Å²) in [7, 11) is -4.03. The van der Waals surface area contributed by atoms with Crippen LogP contribution in [0.5, 0.6) is 11.5 Å². The average molecular weight is 465 g/mol. The molecule has 0 radical (unpaired) electrons. The van der Waals surface area contributed by atoms with Crippen LogP contribution in [0.2, 0.25) is 0 Å². The van der Waals surface area contributed by atoms with Gasteiger partial charge in [-0.2, -0.15) is 0 Å².